The van der Waals surface area contributed by atoms with E-state index in [0.717, 1.165) is 25.9 Å². The molecule has 3 atom stereocenters. The van der Waals surface area contributed by atoms with Crippen molar-refractivity contribution in [1.29, 1.82) is 0 Å². The molecule has 2 aromatic carbocycles. The number of halogens is 1. The Hall–Kier alpha value is -3.17. The van der Waals surface area contributed by atoms with Gasteiger partial charge in [-0.3, -0.25) is 9.59 Å². The van der Waals surface area contributed by atoms with E-state index in [-0.39, 0.29) is 35.8 Å². The van der Waals surface area contributed by atoms with Crippen molar-refractivity contribution in [2.24, 2.45) is 5.92 Å². The third-order valence-corrected chi connectivity index (χ3v) is 7.19. The van der Waals surface area contributed by atoms with Crippen LogP contribution in [0.25, 0.3) is 0 Å². The summed E-state index contributed by atoms with van der Waals surface area (Å²) < 4.78 is 25.6. The molecule has 2 amide bonds. The third-order valence-electron chi connectivity index (χ3n) is 7.19. The van der Waals surface area contributed by atoms with Gasteiger partial charge in [0.2, 0.25) is 5.91 Å². The Morgan fingerprint density at radius 2 is 1.83 bits per heavy atom. The standard InChI is InChI=1S/C27H32FN3O5/c28-21-14-20(15-23-25(21)36-13-12-35-23)24(32)22(17-30-9-4-5-10-30)29-26(33)19-8-11-31(16-19)27(34)18-6-2-1-3-7-18/h1-3,6-7,14-15,19,22,24,32H,4-5,8-13,16-17H2,(H,29,33)/t19-,22-,24-/m1/s1. The summed E-state index contributed by atoms with van der Waals surface area (Å²) in [5, 5.41) is 14.3. The number of hydrogen-bond donors (Lipinski definition) is 2. The van der Waals surface area contributed by atoms with Gasteiger partial charge in [0, 0.05) is 25.2 Å². The number of benzene rings is 2. The number of hydrogen-bond acceptors (Lipinski definition) is 6. The Bertz CT molecular complexity index is 1090. The molecule has 3 aliphatic rings. The zero-order chi connectivity index (χ0) is 25.1. The van der Waals surface area contributed by atoms with Crippen LogP contribution in [0.3, 0.4) is 0 Å². The number of carbonyl (C=O) groups is 2. The average Bonchev–Trinajstić information content (AvgIpc) is 3.61. The molecule has 0 radical (unpaired) electrons. The molecule has 2 N–H and O–H groups in total. The van der Waals surface area contributed by atoms with Gasteiger partial charge in [-0.25, -0.2) is 4.39 Å². The molecule has 0 spiro atoms. The minimum absolute atomic E-state index is 0.0476. The fraction of sp³-hybridized carbons (Fsp3) is 0.481. The van der Waals surface area contributed by atoms with Crippen molar-refractivity contribution in [2.45, 2.75) is 31.4 Å². The van der Waals surface area contributed by atoms with Crippen molar-refractivity contribution in [3.8, 4) is 11.5 Å². The fourth-order valence-electron chi connectivity index (χ4n) is 5.22. The molecule has 3 aliphatic heterocycles. The van der Waals surface area contributed by atoms with E-state index >= 15 is 0 Å². The number of aliphatic hydroxyl groups excluding tert-OH is 1. The van der Waals surface area contributed by atoms with Crippen LogP contribution in [0.15, 0.2) is 42.5 Å². The quantitative estimate of drug-likeness (QED) is 0.611. The van der Waals surface area contributed by atoms with Crippen LogP contribution in [0.5, 0.6) is 11.5 Å². The van der Waals surface area contributed by atoms with E-state index in [1.807, 2.05) is 18.2 Å². The molecule has 36 heavy (non-hydrogen) atoms. The summed E-state index contributed by atoms with van der Waals surface area (Å²) in [6.07, 6.45) is 1.54. The lowest BCUT2D eigenvalue weighted by atomic mass is 9.99. The van der Waals surface area contributed by atoms with Crippen molar-refractivity contribution in [3.63, 3.8) is 0 Å². The predicted octanol–water partition coefficient (Wildman–Crippen LogP) is 2.37. The molecule has 2 saturated heterocycles. The monoisotopic (exact) mass is 497 g/mol. The van der Waals surface area contributed by atoms with E-state index in [9.17, 15) is 19.1 Å². The Labute approximate surface area is 210 Å². The predicted molar refractivity (Wildman–Crippen MR) is 130 cm³/mol. The highest BCUT2D eigenvalue weighted by Gasteiger charge is 2.35. The van der Waals surface area contributed by atoms with Crippen LogP contribution in [0.2, 0.25) is 0 Å². The lowest BCUT2D eigenvalue weighted by Gasteiger charge is -2.30. The molecule has 8 nitrogen and oxygen atoms in total. The summed E-state index contributed by atoms with van der Waals surface area (Å²) in [6, 6.07) is 11.2. The Kier molecular flexibility index (Phi) is 7.38. The second-order valence-electron chi connectivity index (χ2n) is 9.70. The average molecular weight is 498 g/mol. The summed E-state index contributed by atoms with van der Waals surface area (Å²) in [4.78, 5) is 30.0. The van der Waals surface area contributed by atoms with Crippen LogP contribution in [0, 0.1) is 11.7 Å². The number of nitrogens with zero attached hydrogens (tertiary/aromatic N) is 2. The Balaban J connectivity index is 1.29. The molecule has 0 aromatic heterocycles. The van der Waals surface area contributed by atoms with Crippen molar-refractivity contribution < 1.29 is 28.6 Å². The summed E-state index contributed by atoms with van der Waals surface area (Å²) >= 11 is 0. The summed E-state index contributed by atoms with van der Waals surface area (Å²) in [5.41, 5.74) is 0.926. The van der Waals surface area contributed by atoms with Crippen LogP contribution in [-0.2, 0) is 4.79 Å². The maximum Gasteiger partial charge on any atom is 0.253 e. The van der Waals surface area contributed by atoms with Gasteiger partial charge in [0.25, 0.3) is 5.91 Å². The molecule has 5 rings (SSSR count). The van der Waals surface area contributed by atoms with Crippen LogP contribution in [-0.4, -0.2) is 78.7 Å². The van der Waals surface area contributed by atoms with Gasteiger partial charge in [-0.2, -0.15) is 0 Å². The number of amides is 2. The first-order chi connectivity index (χ1) is 17.5. The summed E-state index contributed by atoms with van der Waals surface area (Å²) in [6.45, 7) is 3.62. The second-order valence-corrected chi connectivity index (χ2v) is 9.70. The van der Waals surface area contributed by atoms with Crippen LogP contribution in [0.1, 0.15) is 41.3 Å². The van der Waals surface area contributed by atoms with E-state index < -0.39 is 18.0 Å². The molecule has 2 fully saturated rings. The van der Waals surface area contributed by atoms with E-state index in [1.165, 1.54) is 6.07 Å². The van der Waals surface area contributed by atoms with Crippen molar-refractivity contribution in [1.82, 2.24) is 15.1 Å². The van der Waals surface area contributed by atoms with Gasteiger partial charge in [0.1, 0.15) is 19.3 Å². The molecule has 0 bridgehead atoms. The van der Waals surface area contributed by atoms with E-state index in [0.29, 0.717) is 43.8 Å². The normalized spacial score (nSPS) is 21.3. The van der Waals surface area contributed by atoms with Gasteiger partial charge in [-0.15, -0.1) is 0 Å². The Morgan fingerprint density at radius 1 is 1.08 bits per heavy atom. The molecule has 3 heterocycles. The lowest BCUT2D eigenvalue weighted by molar-refractivity contribution is -0.126. The number of likely N-dealkylation sites (tertiary alicyclic amines) is 2. The molecule has 0 saturated carbocycles. The van der Waals surface area contributed by atoms with E-state index in [4.69, 9.17) is 9.47 Å². The highest BCUT2D eigenvalue weighted by Crippen LogP contribution is 2.36. The van der Waals surface area contributed by atoms with Crippen LogP contribution in [0.4, 0.5) is 4.39 Å². The molecule has 192 valence electrons. The molecule has 2 aromatic rings. The van der Waals surface area contributed by atoms with Crippen LogP contribution >= 0.6 is 0 Å². The Morgan fingerprint density at radius 3 is 2.61 bits per heavy atom. The minimum Gasteiger partial charge on any atom is -0.486 e. The van der Waals surface area contributed by atoms with Gasteiger partial charge in [-0.05, 0) is 62.2 Å². The topological polar surface area (TPSA) is 91.3 Å². The van der Waals surface area contributed by atoms with Crippen molar-refractivity contribution in [2.75, 3.05) is 45.9 Å². The smallest absolute Gasteiger partial charge is 0.253 e. The van der Waals surface area contributed by atoms with Crippen LogP contribution < -0.4 is 14.8 Å². The zero-order valence-corrected chi connectivity index (χ0v) is 20.2. The molecular formula is C27H32FN3O5. The largest absolute Gasteiger partial charge is 0.486 e. The van der Waals surface area contributed by atoms with Gasteiger partial charge in [-0.1, -0.05) is 18.2 Å². The maximum atomic E-state index is 14.7. The SMILES string of the molecule is O=C(N[C@H](CN1CCCC1)[C@H](O)c1cc(F)c2c(c1)OCCO2)[C@@H]1CCN(C(=O)c2ccccc2)C1. The summed E-state index contributed by atoms with van der Waals surface area (Å²) in [7, 11) is 0. The third kappa shape index (κ3) is 5.32. The lowest BCUT2D eigenvalue weighted by Crippen LogP contribution is -2.49. The van der Waals surface area contributed by atoms with Gasteiger partial charge in [0.05, 0.1) is 12.0 Å². The van der Waals surface area contributed by atoms with Gasteiger partial charge < -0.3 is 29.7 Å². The highest BCUT2D eigenvalue weighted by atomic mass is 19.1. The number of ether oxygens (including phenoxy) is 2. The van der Waals surface area contributed by atoms with E-state index in [2.05, 4.69) is 10.2 Å². The van der Waals surface area contributed by atoms with Gasteiger partial charge in [0.15, 0.2) is 17.3 Å². The van der Waals surface area contributed by atoms with E-state index in [1.54, 1.807) is 23.1 Å². The van der Waals surface area contributed by atoms with Gasteiger partial charge >= 0.3 is 0 Å². The highest BCUT2D eigenvalue weighted by molar-refractivity contribution is 5.95. The number of carbonyl (C=O) groups excluding carboxylic acids is 2. The zero-order valence-electron chi connectivity index (χ0n) is 20.2. The van der Waals surface area contributed by atoms with Crippen molar-refractivity contribution >= 4 is 11.8 Å². The molecular weight excluding hydrogens is 465 g/mol. The minimum atomic E-state index is -1.14. The first-order valence-electron chi connectivity index (χ1n) is 12.6. The fourth-order valence-corrected chi connectivity index (χ4v) is 5.22. The first-order valence-corrected chi connectivity index (χ1v) is 12.6. The number of rotatable bonds is 7. The molecule has 0 aliphatic carbocycles. The number of fused-ring (bicyclic) bond motifs is 1. The summed E-state index contributed by atoms with van der Waals surface area (Å²) in [5.74, 6) is -0.967. The second kappa shape index (κ2) is 10.8. The first kappa shape index (κ1) is 24.5. The molecule has 9 heteroatoms. The number of nitrogens with one attached hydrogen (secondary N) is 1. The molecule has 0 unspecified atom stereocenters. The van der Waals surface area contributed by atoms with Crippen molar-refractivity contribution in [3.05, 3.63) is 59.4 Å². The maximum absolute atomic E-state index is 14.7. The number of aliphatic hydroxyl groups is 1.